The van der Waals surface area contributed by atoms with Crippen LogP contribution in [0.3, 0.4) is 0 Å². The molecule has 2 heterocycles. The molecule has 7 heteroatoms. The van der Waals surface area contributed by atoms with Gasteiger partial charge in [0.15, 0.2) is 5.11 Å². The van der Waals surface area contributed by atoms with Crippen molar-refractivity contribution in [1.82, 2.24) is 20.4 Å². The second-order valence-corrected chi connectivity index (χ2v) is 7.97. The summed E-state index contributed by atoms with van der Waals surface area (Å²) >= 11 is 5.70. The molecule has 1 N–H and O–H groups in total. The van der Waals surface area contributed by atoms with Crippen LogP contribution in [0.1, 0.15) is 50.6 Å². The molecule has 1 unspecified atom stereocenters. The second kappa shape index (κ2) is 9.39. The van der Waals surface area contributed by atoms with Crippen molar-refractivity contribution in [2.75, 3.05) is 6.54 Å². The van der Waals surface area contributed by atoms with Crippen molar-refractivity contribution in [1.29, 1.82) is 0 Å². The van der Waals surface area contributed by atoms with Gasteiger partial charge in [0.05, 0.1) is 11.6 Å². The van der Waals surface area contributed by atoms with E-state index in [-0.39, 0.29) is 11.9 Å². The van der Waals surface area contributed by atoms with Gasteiger partial charge in [0.2, 0.25) is 5.82 Å². The molecule has 5 nitrogen and oxygen atoms in total. The molecule has 31 heavy (non-hydrogen) atoms. The highest BCUT2D eigenvalue weighted by molar-refractivity contribution is 7.80. The van der Waals surface area contributed by atoms with E-state index < -0.39 is 0 Å². The van der Waals surface area contributed by atoms with Crippen molar-refractivity contribution in [3.8, 4) is 11.4 Å². The number of hydrogen-bond acceptors (Lipinski definition) is 4. The maximum Gasteiger partial charge on any atom is 0.258 e. The van der Waals surface area contributed by atoms with Crippen molar-refractivity contribution >= 4 is 22.9 Å². The molecule has 0 bridgehead atoms. The van der Waals surface area contributed by atoms with Gasteiger partial charge < -0.3 is 14.7 Å². The topological polar surface area (TPSA) is 54.2 Å². The van der Waals surface area contributed by atoms with E-state index in [1.165, 1.54) is 12.1 Å². The van der Waals surface area contributed by atoms with E-state index in [0.29, 0.717) is 22.4 Å². The Morgan fingerprint density at radius 1 is 1.13 bits per heavy atom. The van der Waals surface area contributed by atoms with Gasteiger partial charge in [-0.3, -0.25) is 0 Å². The highest BCUT2D eigenvalue weighted by Crippen LogP contribution is 2.37. The number of thiocarbonyl (C=S) groups is 1. The predicted octanol–water partition coefficient (Wildman–Crippen LogP) is 5.73. The number of hydrogen-bond donors (Lipinski definition) is 1. The van der Waals surface area contributed by atoms with Gasteiger partial charge in [0.1, 0.15) is 5.82 Å². The van der Waals surface area contributed by atoms with Crippen LogP contribution < -0.4 is 5.32 Å². The van der Waals surface area contributed by atoms with E-state index in [1.54, 1.807) is 12.1 Å². The first-order chi connectivity index (χ1) is 15.1. The molecule has 0 spiro atoms. The van der Waals surface area contributed by atoms with E-state index >= 15 is 0 Å². The summed E-state index contributed by atoms with van der Waals surface area (Å²) in [5.74, 6) is 0.418. The van der Waals surface area contributed by atoms with Gasteiger partial charge >= 0.3 is 0 Å². The molecule has 2 aromatic carbocycles. The minimum Gasteiger partial charge on any atom is -0.351 e. The smallest absolute Gasteiger partial charge is 0.258 e. The second-order valence-electron chi connectivity index (χ2n) is 7.58. The summed E-state index contributed by atoms with van der Waals surface area (Å²) in [6, 6.07) is 16.0. The summed E-state index contributed by atoms with van der Waals surface area (Å²) in [7, 11) is 0. The Morgan fingerprint density at radius 3 is 2.68 bits per heavy atom. The molecule has 0 saturated heterocycles. The van der Waals surface area contributed by atoms with Gasteiger partial charge in [-0.15, -0.1) is 0 Å². The van der Waals surface area contributed by atoms with Crippen molar-refractivity contribution in [3.63, 3.8) is 0 Å². The number of benzene rings is 2. The first kappa shape index (κ1) is 21.2. The van der Waals surface area contributed by atoms with Crippen LogP contribution in [0, 0.1) is 5.82 Å². The third-order valence-electron chi connectivity index (χ3n) is 5.45. The highest BCUT2D eigenvalue weighted by Gasteiger charge is 2.33. The molecule has 1 aromatic heterocycles. The molecule has 0 fully saturated rings. The standard InChI is InChI=1S/C24H25FN4OS/c1-3-4-8-14-29-16(2)20(21(26-24(29)31)17-10-6-5-7-11-17)23-27-22(28-30-23)18-12-9-13-19(25)15-18/h5-7,9-13,15,21H,3-4,8,14H2,1-2H3,(H,26,31). The molecule has 1 aliphatic heterocycles. The monoisotopic (exact) mass is 436 g/mol. The van der Waals surface area contributed by atoms with E-state index in [4.69, 9.17) is 16.7 Å². The molecule has 0 amide bonds. The first-order valence-electron chi connectivity index (χ1n) is 10.5. The fourth-order valence-electron chi connectivity index (χ4n) is 3.82. The van der Waals surface area contributed by atoms with Gasteiger partial charge in [-0.25, -0.2) is 4.39 Å². The summed E-state index contributed by atoms with van der Waals surface area (Å²) < 4.78 is 19.4. The summed E-state index contributed by atoms with van der Waals surface area (Å²) in [5, 5.41) is 8.27. The van der Waals surface area contributed by atoms with Crippen LogP contribution in [-0.4, -0.2) is 26.7 Å². The van der Waals surface area contributed by atoms with E-state index in [2.05, 4.69) is 27.3 Å². The Kier molecular flexibility index (Phi) is 6.42. The van der Waals surface area contributed by atoms with E-state index in [0.717, 1.165) is 42.6 Å². The number of rotatable bonds is 7. The summed E-state index contributed by atoms with van der Waals surface area (Å²) in [4.78, 5) is 6.72. The Balaban J connectivity index is 1.76. The first-order valence-corrected chi connectivity index (χ1v) is 10.9. The largest absolute Gasteiger partial charge is 0.351 e. The summed E-state index contributed by atoms with van der Waals surface area (Å²) in [5.41, 5.74) is 3.50. The average molecular weight is 437 g/mol. The quantitative estimate of drug-likeness (QED) is 0.377. The van der Waals surface area contributed by atoms with Crippen LogP contribution in [0.2, 0.25) is 0 Å². The lowest BCUT2D eigenvalue weighted by atomic mass is 9.94. The molecule has 0 aliphatic carbocycles. The van der Waals surface area contributed by atoms with Crippen molar-refractivity contribution in [3.05, 3.63) is 77.6 Å². The van der Waals surface area contributed by atoms with Crippen LogP contribution in [-0.2, 0) is 0 Å². The number of allylic oxidation sites excluding steroid dienone is 1. The van der Waals surface area contributed by atoms with Crippen molar-refractivity contribution < 1.29 is 8.91 Å². The third kappa shape index (κ3) is 4.51. The zero-order valence-corrected chi connectivity index (χ0v) is 18.5. The maximum absolute atomic E-state index is 13.7. The van der Waals surface area contributed by atoms with E-state index in [9.17, 15) is 4.39 Å². The Labute approximate surface area is 187 Å². The summed E-state index contributed by atoms with van der Waals surface area (Å²) in [6.45, 7) is 5.04. The fraction of sp³-hybridized carbons (Fsp3) is 0.292. The Morgan fingerprint density at radius 2 is 1.94 bits per heavy atom. The van der Waals surface area contributed by atoms with Crippen LogP contribution in [0.15, 0.2) is 64.8 Å². The molecular formula is C24H25FN4OS. The third-order valence-corrected chi connectivity index (χ3v) is 5.79. The molecule has 3 aromatic rings. The van der Waals surface area contributed by atoms with Gasteiger partial charge in [-0.05, 0) is 43.3 Å². The van der Waals surface area contributed by atoms with Crippen LogP contribution in [0.25, 0.3) is 17.0 Å². The molecule has 0 radical (unpaired) electrons. The molecule has 0 saturated carbocycles. The molecule has 4 rings (SSSR count). The lowest BCUT2D eigenvalue weighted by Gasteiger charge is -2.37. The Hall–Kier alpha value is -3.06. The SMILES string of the molecule is CCCCCN1C(=S)NC(c2ccccc2)C(c2nc(-c3cccc(F)c3)no2)=C1C. The Bertz CT molecular complexity index is 1100. The normalized spacial score (nSPS) is 16.5. The molecule has 160 valence electrons. The van der Waals surface area contributed by atoms with Crippen LogP contribution in [0.4, 0.5) is 4.39 Å². The summed E-state index contributed by atoms with van der Waals surface area (Å²) in [6.07, 6.45) is 3.31. The number of nitrogens with zero attached hydrogens (tertiary/aromatic N) is 3. The zero-order chi connectivity index (χ0) is 21.8. The van der Waals surface area contributed by atoms with Crippen LogP contribution >= 0.6 is 12.2 Å². The molecular weight excluding hydrogens is 411 g/mol. The number of nitrogens with one attached hydrogen (secondary N) is 1. The minimum atomic E-state index is -0.340. The van der Waals surface area contributed by atoms with E-state index in [1.807, 2.05) is 37.3 Å². The lowest BCUT2D eigenvalue weighted by Crippen LogP contribution is -2.46. The average Bonchev–Trinajstić information content (AvgIpc) is 3.26. The van der Waals surface area contributed by atoms with Gasteiger partial charge in [-0.1, -0.05) is 67.4 Å². The number of unbranched alkanes of at least 4 members (excludes halogenated alkanes) is 2. The minimum absolute atomic E-state index is 0.211. The predicted molar refractivity (Wildman–Crippen MR) is 123 cm³/mol. The van der Waals surface area contributed by atoms with Crippen molar-refractivity contribution in [2.45, 2.75) is 39.2 Å². The van der Waals surface area contributed by atoms with Crippen molar-refractivity contribution in [2.24, 2.45) is 0 Å². The molecule has 1 atom stereocenters. The maximum atomic E-state index is 13.7. The number of aromatic nitrogens is 2. The van der Waals surface area contributed by atoms with Gasteiger partial charge in [0, 0.05) is 17.8 Å². The fourth-order valence-corrected chi connectivity index (χ4v) is 4.17. The zero-order valence-electron chi connectivity index (χ0n) is 17.6. The van der Waals surface area contributed by atoms with Gasteiger partial charge in [0.25, 0.3) is 5.89 Å². The highest BCUT2D eigenvalue weighted by atomic mass is 32.1. The van der Waals surface area contributed by atoms with Crippen LogP contribution in [0.5, 0.6) is 0 Å². The molecule has 1 aliphatic rings. The number of halogens is 1. The van der Waals surface area contributed by atoms with Gasteiger partial charge in [-0.2, -0.15) is 4.98 Å². The lowest BCUT2D eigenvalue weighted by molar-refractivity contribution is 0.395.